The monoisotopic (exact) mass is 522 g/mol. The fourth-order valence-corrected chi connectivity index (χ4v) is 3.45. The number of aliphatic carboxylic acids is 2. The molecule has 1 aromatic carbocycles. The van der Waals surface area contributed by atoms with Crippen LogP contribution in [-0.2, 0) is 30.4 Å². The number of amides is 3. The summed E-state index contributed by atoms with van der Waals surface area (Å²) in [6.07, 6.45) is 0.223. The molecule has 0 radical (unpaired) electrons. The van der Waals surface area contributed by atoms with Gasteiger partial charge in [0.1, 0.15) is 23.9 Å². The van der Waals surface area contributed by atoms with E-state index in [0.29, 0.717) is 18.4 Å². The fraction of sp³-hybridized carbons (Fsp3) is 0.560. The van der Waals surface area contributed by atoms with Gasteiger partial charge in [-0.05, 0) is 29.5 Å². The molecule has 12 heteroatoms. The van der Waals surface area contributed by atoms with Crippen LogP contribution in [-0.4, -0.2) is 69.1 Å². The first-order valence-corrected chi connectivity index (χ1v) is 12.2. The van der Waals surface area contributed by atoms with Crippen molar-refractivity contribution in [3.8, 4) is 5.75 Å². The molecule has 6 unspecified atom stereocenters. The van der Waals surface area contributed by atoms with Crippen LogP contribution in [0.4, 0.5) is 0 Å². The topological polar surface area (TPSA) is 208 Å². The highest BCUT2D eigenvalue weighted by Crippen LogP contribution is 2.14. The van der Waals surface area contributed by atoms with Gasteiger partial charge in [-0.3, -0.25) is 19.2 Å². The van der Waals surface area contributed by atoms with Gasteiger partial charge in [0.2, 0.25) is 17.7 Å². The highest BCUT2D eigenvalue weighted by Gasteiger charge is 2.33. The second-order valence-corrected chi connectivity index (χ2v) is 9.21. The molecule has 0 spiro atoms. The summed E-state index contributed by atoms with van der Waals surface area (Å²) < 4.78 is 0. The van der Waals surface area contributed by atoms with Crippen LogP contribution < -0.4 is 21.7 Å². The standard InChI is InChI=1S/C25H38N4O8/c1-5-13(3)20(26)23(34)29-21(14(4)6-2)24(35)27-17(11-15-7-9-16(30)10-8-15)22(33)28-18(25(36)37)12-19(31)32/h7-10,13-14,17-18,20-21,30H,5-6,11-12,26H2,1-4H3,(H,27,35)(H,28,33)(H,29,34)(H,31,32)(H,36,37). The highest BCUT2D eigenvalue weighted by molar-refractivity contribution is 5.95. The summed E-state index contributed by atoms with van der Waals surface area (Å²) in [5, 5.41) is 35.2. The van der Waals surface area contributed by atoms with E-state index in [1.165, 1.54) is 24.3 Å². The van der Waals surface area contributed by atoms with E-state index in [9.17, 15) is 34.2 Å². The van der Waals surface area contributed by atoms with Crippen LogP contribution in [0.3, 0.4) is 0 Å². The maximum absolute atomic E-state index is 13.3. The quantitative estimate of drug-likeness (QED) is 0.169. The third-order valence-corrected chi connectivity index (χ3v) is 6.36. The molecule has 0 bridgehead atoms. The van der Waals surface area contributed by atoms with E-state index < -0.39 is 60.2 Å². The number of phenols is 1. The molecule has 0 aliphatic carbocycles. The van der Waals surface area contributed by atoms with Crippen LogP contribution in [0.25, 0.3) is 0 Å². The lowest BCUT2D eigenvalue weighted by molar-refractivity contribution is -0.147. The van der Waals surface area contributed by atoms with Gasteiger partial charge in [0.25, 0.3) is 0 Å². The van der Waals surface area contributed by atoms with Crippen molar-refractivity contribution < 1.29 is 39.3 Å². The van der Waals surface area contributed by atoms with Crippen molar-refractivity contribution in [3.05, 3.63) is 29.8 Å². The van der Waals surface area contributed by atoms with Gasteiger partial charge in [0.05, 0.1) is 12.5 Å². The number of hydrogen-bond donors (Lipinski definition) is 7. The zero-order valence-electron chi connectivity index (χ0n) is 21.6. The van der Waals surface area contributed by atoms with E-state index in [1.54, 1.807) is 6.92 Å². The molecular formula is C25H38N4O8. The van der Waals surface area contributed by atoms with Crippen molar-refractivity contribution in [1.82, 2.24) is 16.0 Å². The number of rotatable bonds is 15. The Labute approximate surface area is 216 Å². The molecule has 3 amide bonds. The van der Waals surface area contributed by atoms with Gasteiger partial charge >= 0.3 is 11.9 Å². The minimum atomic E-state index is -1.72. The first kappa shape index (κ1) is 31.4. The summed E-state index contributed by atoms with van der Waals surface area (Å²) in [4.78, 5) is 61.5. The molecule has 12 nitrogen and oxygen atoms in total. The van der Waals surface area contributed by atoms with Crippen molar-refractivity contribution >= 4 is 29.7 Å². The van der Waals surface area contributed by atoms with Gasteiger partial charge in [0.15, 0.2) is 0 Å². The lowest BCUT2D eigenvalue weighted by Gasteiger charge is -2.28. The Morgan fingerprint density at radius 2 is 1.35 bits per heavy atom. The number of carbonyl (C=O) groups is 5. The number of carboxylic acid groups (broad SMARTS) is 2. The third-order valence-electron chi connectivity index (χ3n) is 6.36. The number of nitrogens with two attached hydrogens (primary N) is 1. The number of aromatic hydroxyl groups is 1. The van der Waals surface area contributed by atoms with E-state index in [1.807, 2.05) is 20.8 Å². The molecule has 0 aliphatic rings. The second-order valence-electron chi connectivity index (χ2n) is 9.21. The molecule has 0 saturated carbocycles. The van der Waals surface area contributed by atoms with Gasteiger partial charge in [-0.1, -0.05) is 52.7 Å². The summed E-state index contributed by atoms with van der Waals surface area (Å²) in [5.74, 6) is -5.55. The minimum Gasteiger partial charge on any atom is -0.508 e. The van der Waals surface area contributed by atoms with Crippen LogP contribution in [0.1, 0.15) is 52.5 Å². The molecule has 0 aliphatic heterocycles. The van der Waals surface area contributed by atoms with Crippen molar-refractivity contribution in [2.75, 3.05) is 0 Å². The van der Waals surface area contributed by atoms with Crippen LogP contribution in [0.5, 0.6) is 5.75 Å². The Kier molecular flexibility index (Phi) is 12.5. The van der Waals surface area contributed by atoms with Crippen molar-refractivity contribution in [2.24, 2.45) is 17.6 Å². The van der Waals surface area contributed by atoms with Crippen molar-refractivity contribution in [2.45, 2.75) is 77.5 Å². The molecule has 0 saturated heterocycles. The Balaban J connectivity index is 3.21. The first-order chi connectivity index (χ1) is 17.3. The summed E-state index contributed by atoms with van der Waals surface area (Å²) >= 11 is 0. The Bertz CT molecular complexity index is 953. The fourth-order valence-electron chi connectivity index (χ4n) is 3.45. The Morgan fingerprint density at radius 1 is 0.811 bits per heavy atom. The van der Waals surface area contributed by atoms with E-state index in [4.69, 9.17) is 10.8 Å². The summed E-state index contributed by atoms with van der Waals surface area (Å²) in [7, 11) is 0. The predicted octanol–water partition coefficient (Wildman–Crippen LogP) is 0.368. The highest BCUT2D eigenvalue weighted by atomic mass is 16.4. The van der Waals surface area contributed by atoms with E-state index in [2.05, 4.69) is 16.0 Å². The minimum absolute atomic E-state index is 0.0154. The zero-order valence-corrected chi connectivity index (χ0v) is 21.6. The van der Waals surface area contributed by atoms with Gasteiger partial charge in [-0.25, -0.2) is 4.79 Å². The molecule has 1 aromatic rings. The summed E-state index contributed by atoms with van der Waals surface area (Å²) in [6.45, 7) is 7.28. The molecule has 6 atom stereocenters. The van der Waals surface area contributed by atoms with E-state index >= 15 is 0 Å². The Morgan fingerprint density at radius 3 is 1.84 bits per heavy atom. The predicted molar refractivity (Wildman–Crippen MR) is 134 cm³/mol. The molecule has 0 aromatic heterocycles. The number of carbonyl (C=O) groups excluding carboxylic acids is 3. The normalized spacial score (nSPS) is 15.8. The number of benzene rings is 1. The molecule has 0 heterocycles. The van der Waals surface area contributed by atoms with Crippen LogP contribution in [0.2, 0.25) is 0 Å². The number of carboxylic acids is 2. The van der Waals surface area contributed by atoms with Gasteiger partial charge in [-0.15, -0.1) is 0 Å². The van der Waals surface area contributed by atoms with Crippen molar-refractivity contribution in [3.63, 3.8) is 0 Å². The van der Waals surface area contributed by atoms with Gasteiger partial charge < -0.3 is 37.0 Å². The average Bonchev–Trinajstić information content (AvgIpc) is 2.85. The smallest absolute Gasteiger partial charge is 0.326 e. The van der Waals surface area contributed by atoms with Gasteiger partial charge in [0, 0.05) is 6.42 Å². The second kappa shape index (κ2) is 14.8. The summed E-state index contributed by atoms with van der Waals surface area (Å²) in [5.41, 5.74) is 6.55. The average molecular weight is 523 g/mol. The summed E-state index contributed by atoms with van der Waals surface area (Å²) in [6, 6.07) is 0.913. The molecule has 37 heavy (non-hydrogen) atoms. The van der Waals surface area contributed by atoms with Gasteiger partial charge in [-0.2, -0.15) is 0 Å². The molecule has 1 rings (SSSR count). The van der Waals surface area contributed by atoms with Crippen LogP contribution in [0, 0.1) is 11.8 Å². The van der Waals surface area contributed by atoms with Crippen molar-refractivity contribution in [1.29, 1.82) is 0 Å². The lowest BCUT2D eigenvalue weighted by atomic mass is 9.95. The SMILES string of the molecule is CCC(C)C(N)C(=O)NC(C(=O)NC(Cc1ccc(O)cc1)C(=O)NC(CC(=O)O)C(=O)O)C(C)CC. The first-order valence-electron chi connectivity index (χ1n) is 12.2. The Hall–Kier alpha value is -3.67. The lowest BCUT2D eigenvalue weighted by Crippen LogP contribution is -2.59. The van der Waals surface area contributed by atoms with Crippen LogP contribution in [0.15, 0.2) is 24.3 Å². The molecule has 8 N–H and O–H groups in total. The maximum Gasteiger partial charge on any atom is 0.326 e. The molecule has 0 fully saturated rings. The third kappa shape index (κ3) is 10.1. The largest absolute Gasteiger partial charge is 0.508 e. The zero-order chi connectivity index (χ0) is 28.3. The maximum atomic E-state index is 13.3. The number of hydrogen-bond acceptors (Lipinski definition) is 7. The molecular weight excluding hydrogens is 484 g/mol. The van der Waals surface area contributed by atoms with Crippen LogP contribution >= 0.6 is 0 Å². The number of phenolic OH excluding ortho intramolecular Hbond substituents is 1. The number of nitrogens with one attached hydrogen (secondary N) is 3. The van der Waals surface area contributed by atoms with E-state index in [0.717, 1.165) is 0 Å². The molecule has 206 valence electrons. The van der Waals surface area contributed by atoms with E-state index in [-0.39, 0.29) is 24.0 Å².